The molecule has 0 aliphatic heterocycles. The Morgan fingerprint density at radius 3 is 2.50 bits per heavy atom. The minimum absolute atomic E-state index is 0.00471. The predicted molar refractivity (Wildman–Crippen MR) is 95.9 cm³/mol. The quantitative estimate of drug-likeness (QED) is 0.693. The van der Waals surface area contributed by atoms with E-state index in [0.717, 1.165) is 0 Å². The molecule has 0 bridgehead atoms. The number of rotatable bonds is 5. The molecular formula is C17H14ClN3O4S. The first kappa shape index (κ1) is 18.1. The van der Waals surface area contributed by atoms with Crippen molar-refractivity contribution in [2.45, 2.75) is 11.4 Å². The summed E-state index contributed by atoms with van der Waals surface area (Å²) in [5.41, 5.74) is 1.38. The van der Waals surface area contributed by atoms with Crippen LogP contribution in [0.15, 0.2) is 64.2 Å². The standard InChI is InChI=1S/C17H14ClN3O4S/c18-14-4-2-1-3-13(14)16-15(21-10-25-16)17(22)20-9-11-5-7-12(8-6-11)26(19,23)24/h1-8,10H,9H2,(H,20,22)(H2,19,23,24). The molecule has 0 atom stereocenters. The van der Waals surface area contributed by atoms with Gasteiger partial charge in [0.05, 0.1) is 9.92 Å². The van der Waals surface area contributed by atoms with E-state index in [9.17, 15) is 13.2 Å². The average molecular weight is 392 g/mol. The van der Waals surface area contributed by atoms with Gasteiger partial charge in [-0.3, -0.25) is 4.79 Å². The van der Waals surface area contributed by atoms with Crippen LogP contribution in [-0.2, 0) is 16.6 Å². The fraction of sp³-hybridized carbons (Fsp3) is 0.0588. The molecule has 0 fully saturated rings. The molecule has 26 heavy (non-hydrogen) atoms. The van der Waals surface area contributed by atoms with Gasteiger partial charge in [0.15, 0.2) is 17.8 Å². The topological polar surface area (TPSA) is 115 Å². The number of aromatic nitrogens is 1. The monoisotopic (exact) mass is 391 g/mol. The highest BCUT2D eigenvalue weighted by atomic mass is 35.5. The number of benzene rings is 2. The number of carbonyl (C=O) groups excluding carboxylic acids is 1. The van der Waals surface area contributed by atoms with Gasteiger partial charge in [-0.05, 0) is 29.8 Å². The van der Waals surface area contributed by atoms with Crippen LogP contribution in [0, 0.1) is 0 Å². The first-order valence-electron chi connectivity index (χ1n) is 7.44. The normalized spacial score (nSPS) is 11.3. The molecule has 0 aliphatic carbocycles. The second kappa shape index (κ2) is 7.28. The van der Waals surface area contributed by atoms with Gasteiger partial charge in [0.25, 0.3) is 5.91 Å². The first-order chi connectivity index (χ1) is 12.4. The van der Waals surface area contributed by atoms with Crippen molar-refractivity contribution in [3.05, 3.63) is 71.2 Å². The van der Waals surface area contributed by atoms with Gasteiger partial charge in [-0.1, -0.05) is 35.9 Å². The van der Waals surface area contributed by atoms with Crippen molar-refractivity contribution in [2.24, 2.45) is 5.14 Å². The summed E-state index contributed by atoms with van der Waals surface area (Å²) in [6.07, 6.45) is 1.18. The number of carbonyl (C=O) groups is 1. The maximum Gasteiger partial charge on any atom is 0.274 e. The number of nitrogens with one attached hydrogen (secondary N) is 1. The summed E-state index contributed by atoms with van der Waals surface area (Å²) in [6, 6.07) is 12.9. The van der Waals surface area contributed by atoms with Gasteiger partial charge >= 0.3 is 0 Å². The highest BCUT2D eigenvalue weighted by Gasteiger charge is 2.19. The van der Waals surface area contributed by atoms with Crippen LogP contribution in [-0.4, -0.2) is 19.3 Å². The Morgan fingerprint density at radius 1 is 1.15 bits per heavy atom. The van der Waals surface area contributed by atoms with Crippen molar-refractivity contribution < 1.29 is 17.6 Å². The molecule has 0 unspecified atom stereocenters. The van der Waals surface area contributed by atoms with E-state index in [1.807, 2.05) is 0 Å². The molecule has 0 radical (unpaired) electrons. The van der Waals surface area contributed by atoms with Crippen LogP contribution in [0.3, 0.4) is 0 Å². The Balaban J connectivity index is 1.74. The third kappa shape index (κ3) is 3.93. The summed E-state index contributed by atoms with van der Waals surface area (Å²) >= 11 is 6.14. The molecular weight excluding hydrogens is 378 g/mol. The van der Waals surface area contributed by atoms with E-state index in [1.54, 1.807) is 36.4 Å². The third-order valence-electron chi connectivity index (χ3n) is 3.61. The van der Waals surface area contributed by atoms with Crippen LogP contribution in [0.2, 0.25) is 5.02 Å². The van der Waals surface area contributed by atoms with Crippen molar-refractivity contribution >= 4 is 27.5 Å². The predicted octanol–water partition coefficient (Wildman–Crippen LogP) is 2.57. The van der Waals surface area contributed by atoms with Crippen molar-refractivity contribution in [3.63, 3.8) is 0 Å². The summed E-state index contributed by atoms with van der Waals surface area (Å²) in [5.74, 6) is -0.165. The van der Waals surface area contributed by atoms with Crippen LogP contribution in [0.5, 0.6) is 0 Å². The van der Waals surface area contributed by atoms with Crippen LogP contribution in [0.4, 0.5) is 0 Å². The molecule has 0 aliphatic rings. The van der Waals surface area contributed by atoms with Gasteiger partial charge < -0.3 is 9.73 Å². The Morgan fingerprint density at radius 2 is 1.85 bits per heavy atom. The number of hydrogen-bond acceptors (Lipinski definition) is 5. The van der Waals surface area contributed by atoms with Crippen molar-refractivity contribution in [3.8, 4) is 11.3 Å². The number of sulfonamides is 1. The lowest BCUT2D eigenvalue weighted by atomic mass is 10.1. The van der Waals surface area contributed by atoms with E-state index in [4.69, 9.17) is 21.2 Å². The highest BCUT2D eigenvalue weighted by molar-refractivity contribution is 7.89. The number of amides is 1. The van der Waals surface area contributed by atoms with Crippen molar-refractivity contribution in [2.75, 3.05) is 0 Å². The second-order valence-corrected chi connectivity index (χ2v) is 7.35. The van der Waals surface area contributed by atoms with Crippen LogP contribution in [0.1, 0.15) is 16.1 Å². The molecule has 9 heteroatoms. The van der Waals surface area contributed by atoms with E-state index >= 15 is 0 Å². The minimum Gasteiger partial charge on any atom is -0.443 e. The smallest absolute Gasteiger partial charge is 0.274 e. The lowest BCUT2D eigenvalue weighted by molar-refractivity contribution is 0.0946. The number of oxazole rings is 1. The van der Waals surface area contributed by atoms with Gasteiger partial charge in [-0.2, -0.15) is 0 Å². The lowest BCUT2D eigenvalue weighted by Gasteiger charge is -2.06. The molecule has 0 saturated carbocycles. The number of hydrogen-bond donors (Lipinski definition) is 2. The zero-order chi connectivity index (χ0) is 18.7. The SMILES string of the molecule is NS(=O)(=O)c1ccc(CNC(=O)c2ncoc2-c2ccccc2Cl)cc1. The van der Waals surface area contributed by atoms with E-state index in [2.05, 4.69) is 10.3 Å². The maximum atomic E-state index is 12.4. The van der Waals surface area contributed by atoms with Gasteiger partial charge in [0.2, 0.25) is 10.0 Å². The number of nitrogens with two attached hydrogens (primary N) is 1. The number of nitrogens with zero attached hydrogens (tertiary/aromatic N) is 1. The molecule has 3 N–H and O–H groups in total. The number of halogens is 1. The molecule has 1 aromatic heterocycles. The third-order valence-corrected chi connectivity index (χ3v) is 4.86. The van der Waals surface area contributed by atoms with Crippen molar-refractivity contribution in [1.29, 1.82) is 0 Å². The molecule has 3 aromatic rings. The second-order valence-electron chi connectivity index (χ2n) is 5.38. The Labute approximate surface area is 154 Å². The summed E-state index contributed by atoms with van der Waals surface area (Å²) in [4.78, 5) is 16.4. The Hall–Kier alpha value is -2.68. The van der Waals surface area contributed by atoms with E-state index in [1.165, 1.54) is 18.5 Å². The molecule has 3 rings (SSSR count). The maximum absolute atomic E-state index is 12.4. The lowest BCUT2D eigenvalue weighted by Crippen LogP contribution is -2.23. The van der Waals surface area contributed by atoms with E-state index < -0.39 is 15.9 Å². The fourth-order valence-corrected chi connectivity index (χ4v) is 3.04. The zero-order valence-corrected chi connectivity index (χ0v) is 14.9. The average Bonchev–Trinajstić information content (AvgIpc) is 3.09. The largest absolute Gasteiger partial charge is 0.443 e. The highest BCUT2D eigenvalue weighted by Crippen LogP contribution is 2.29. The first-order valence-corrected chi connectivity index (χ1v) is 9.37. The van der Waals surface area contributed by atoms with E-state index in [-0.39, 0.29) is 22.9 Å². The van der Waals surface area contributed by atoms with Gasteiger partial charge in [0, 0.05) is 12.1 Å². The zero-order valence-electron chi connectivity index (χ0n) is 13.3. The molecule has 7 nitrogen and oxygen atoms in total. The van der Waals surface area contributed by atoms with Gasteiger partial charge in [0.1, 0.15) is 0 Å². The summed E-state index contributed by atoms with van der Waals surface area (Å²) < 4.78 is 27.8. The summed E-state index contributed by atoms with van der Waals surface area (Å²) in [7, 11) is -3.75. The Kier molecular flexibility index (Phi) is 5.08. The van der Waals surface area contributed by atoms with Gasteiger partial charge in [-0.25, -0.2) is 18.5 Å². The summed E-state index contributed by atoms with van der Waals surface area (Å²) in [5, 5.41) is 8.20. The number of primary sulfonamides is 1. The minimum atomic E-state index is -3.75. The fourth-order valence-electron chi connectivity index (χ4n) is 2.31. The molecule has 134 valence electrons. The molecule has 0 saturated heterocycles. The van der Waals surface area contributed by atoms with Crippen LogP contribution in [0.25, 0.3) is 11.3 Å². The molecule has 0 spiro atoms. The van der Waals surface area contributed by atoms with Gasteiger partial charge in [-0.15, -0.1) is 0 Å². The molecule has 2 aromatic carbocycles. The van der Waals surface area contributed by atoms with Crippen LogP contribution < -0.4 is 10.5 Å². The van der Waals surface area contributed by atoms with E-state index in [0.29, 0.717) is 16.1 Å². The van der Waals surface area contributed by atoms with Crippen LogP contribution >= 0.6 is 11.6 Å². The molecule has 1 amide bonds. The molecule has 1 heterocycles. The summed E-state index contributed by atoms with van der Waals surface area (Å²) in [6.45, 7) is 0.179. The van der Waals surface area contributed by atoms with Crippen molar-refractivity contribution in [1.82, 2.24) is 10.3 Å². The Bertz CT molecular complexity index is 1050.